The molecule has 1 saturated carbocycles. The van der Waals surface area contributed by atoms with E-state index in [0.29, 0.717) is 23.2 Å². The Morgan fingerprint density at radius 1 is 1.47 bits per heavy atom. The van der Waals surface area contributed by atoms with Crippen LogP contribution in [0.3, 0.4) is 0 Å². The van der Waals surface area contributed by atoms with Crippen molar-refractivity contribution in [3.8, 4) is 0 Å². The minimum atomic E-state index is -0.0668. The third-order valence-electron chi connectivity index (χ3n) is 3.29. The van der Waals surface area contributed by atoms with Gasteiger partial charge in [-0.2, -0.15) is 0 Å². The fourth-order valence-electron chi connectivity index (χ4n) is 2.33. The van der Waals surface area contributed by atoms with Gasteiger partial charge >= 0.3 is 0 Å². The molecule has 0 heterocycles. The molecule has 2 rings (SSSR count). The average Bonchev–Trinajstić information content (AvgIpc) is 2.67. The third kappa shape index (κ3) is 3.00. The van der Waals surface area contributed by atoms with Gasteiger partial charge in [0.1, 0.15) is 0 Å². The van der Waals surface area contributed by atoms with Gasteiger partial charge in [0.25, 0.3) is 5.91 Å². The van der Waals surface area contributed by atoms with E-state index in [1.54, 1.807) is 12.1 Å². The standard InChI is InChI=1S/C13H17BrN2O/c1-8-2-4-10(6-8)16-13(17)11-7-9(14)3-5-12(11)15/h3,5,7-8,10H,2,4,6,15H2,1H3,(H,16,17). The van der Waals surface area contributed by atoms with Crippen molar-refractivity contribution >= 4 is 27.5 Å². The first-order valence-corrected chi connectivity index (χ1v) is 6.71. The first-order chi connectivity index (χ1) is 8.06. The molecule has 1 aliphatic carbocycles. The van der Waals surface area contributed by atoms with Crippen molar-refractivity contribution in [3.63, 3.8) is 0 Å². The normalized spacial score (nSPS) is 23.6. The SMILES string of the molecule is CC1CCC(NC(=O)c2cc(Br)ccc2N)C1. The van der Waals surface area contributed by atoms with Gasteiger partial charge in [0.15, 0.2) is 0 Å². The maximum atomic E-state index is 12.1. The van der Waals surface area contributed by atoms with E-state index >= 15 is 0 Å². The Bertz CT molecular complexity index is 433. The third-order valence-corrected chi connectivity index (χ3v) is 3.78. The zero-order chi connectivity index (χ0) is 12.4. The van der Waals surface area contributed by atoms with Gasteiger partial charge in [0, 0.05) is 16.2 Å². The quantitative estimate of drug-likeness (QED) is 0.825. The molecule has 4 heteroatoms. The Morgan fingerprint density at radius 2 is 2.24 bits per heavy atom. The molecular weight excluding hydrogens is 280 g/mol. The minimum absolute atomic E-state index is 0.0668. The van der Waals surface area contributed by atoms with E-state index in [2.05, 4.69) is 28.2 Å². The molecule has 3 N–H and O–H groups in total. The molecule has 17 heavy (non-hydrogen) atoms. The molecule has 1 amide bonds. The highest BCUT2D eigenvalue weighted by Gasteiger charge is 2.23. The van der Waals surface area contributed by atoms with E-state index in [1.807, 2.05) is 6.07 Å². The van der Waals surface area contributed by atoms with Gasteiger partial charge in [0.05, 0.1) is 5.56 Å². The largest absolute Gasteiger partial charge is 0.398 e. The lowest BCUT2D eigenvalue weighted by atomic mass is 10.1. The Kier molecular flexibility index (Phi) is 3.72. The number of nitrogen functional groups attached to an aromatic ring is 1. The molecule has 0 spiro atoms. The number of nitrogens with two attached hydrogens (primary N) is 1. The highest BCUT2D eigenvalue weighted by Crippen LogP contribution is 2.25. The summed E-state index contributed by atoms with van der Waals surface area (Å²) in [4.78, 5) is 12.1. The van der Waals surface area contributed by atoms with Gasteiger partial charge in [-0.05, 0) is 43.4 Å². The number of nitrogens with one attached hydrogen (secondary N) is 1. The van der Waals surface area contributed by atoms with Crippen LogP contribution >= 0.6 is 15.9 Å². The molecular formula is C13H17BrN2O. The predicted octanol–water partition coefficient (Wildman–Crippen LogP) is 2.95. The molecule has 2 atom stereocenters. The molecule has 1 aromatic rings. The number of amides is 1. The first-order valence-electron chi connectivity index (χ1n) is 5.92. The molecule has 92 valence electrons. The summed E-state index contributed by atoms with van der Waals surface area (Å²) in [5.74, 6) is 0.642. The second-order valence-corrected chi connectivity index (χ2v) is 5.74. The van der Waals surface area contributed by atoms with Crippen LogP contribution in [0.15, 0.2) is 22.7 Å². The summed E-state index contributed by atoms with van der Waals surface area (Å²) >= 11 is 3.35. The maximum Gasteiger partial charge on any atom is 0.253 e. The Morgan fingerprint density at radius 3 is 2.88 bits per heavy atom. The van der Waals surface area contributed by atoms with E-state index in [9.17, 15) is 4.79 Å². The number of carbonyl (C=O) groups excluding carboxylic acids is 1. The van der Waals surface area contributed by atoms with Gasteiger partial charge in [-0.15, -0.1) is 0 Å². The van der Waals surface area contributed by atoms with Gasteiger partial charge in [-0.25, -0.2) is 0 Å². The molecule has 1 fully saturated rings. The minimum Gasteiger partial charge on any atom is -0.398 e. The van der Waals surface area contributed by atoms with Gasteiger partial charge in [-0.1, -0.05) is 22.9 Å². The lowest BCUT2D eigenvalue weighted by Gasteiger charge is -2.13. The summed E-state index contributed by atoms with van der Waals surface area (Å²) in [6.07, 6.45) is 3.33. The lowest BCUT2D eigenvalue weighted by molar-refractivity contribution is 0.0938. The number of hydrogen-bond acceptors (Lipinski definition) is 2. The van der Waals surface area contributed by atoms with Crippen LogP contribution in [0.1, 0.15) is 36.5 Å². The van der Waals surface area contributed by atoms with Crippen molar-refractivity contribution in [2.24, 2.45) is 5.92 Å². The van der Waals surface area contributed by atoms with Gasteiger partial charge in [0.2, 0.25) is 0 Å². The summed E-state index contributed by atoms with van der Waals surface area (Å²) in [5.41, 5.74) is 6.89. The fraction of sp³-hybridized carbons (Fsp3) is 0.462. The number of halogens is 1. The predicted molar refractivity (Wildman–Crippen MR) is 72.8 cm³/mol. The number of rotatable bonds is 2. The van der Waals surface area contributed by atoms with Crippen LogP contribution < -0.4 is 11.1 Å². The van der Waals surface area contributed by atoms with E-state index < -0.39 is 0 Å². The van der Waals surface area contributed by atoms with Crippen molar-refractivity contribution in [2.75, 3.05) is 5.73 Å². The highest BCUT2D eigenvalue weighted by molar-refractivity contribution is 9.10. The molecule has 0 aliphatic heterocycles. The Balaban J connectivity index is 2.06. The fourth-order valence-corrected chi connectivity index (χ4v) is 2.69. The molecule has 1 aromatic carbocycles. The Hall–Kier alpha value is -1.03. The molecule has 3 nitrogen and oxygen atoms in total. The van der Waals surface area contributed by atoms with Crippen LogP contribution in [-0.4, -0.2) is 11.9 Å². The highest BCUT2D eigenvalue weighted by atomic mass is 79.9. The first kappa shape index (κ1) is 12.4. The van der Waals surface area contributed by atoms with Crippen LogP contribution in [-0.2, 0) is 0 Å². The number of carbonyl (C=O) groups is 1. The van der Waals surface area contributed by atoms with Crippen molar-refractivity contribution in [1.82, 2.24) is 5.32 Å². The van der Waals surface area contributed by atoms with Crippen molar-refractivity contribution in [1.29, 1.82) is 0 Å². The van der Waals surface area contributed by atoms with Crippen molar-refractivity contribution < 1.29 is 4.79 Å². The second-order valence-electron chi connectivity index (χ2n) is 4.82. The van der Waals surface area contributed by atoms with Crippen LogP contribution in [0.25, 0.3) is 0 Å². The lowest BCUT2D eigenvalue weighted by Crippen LogP contribution is -2.33. The van der Waals surface area contributed by atoms with Crippen LogP contribution in [0.2, 0.25) is 0 Å². The van der Waals surface area contributed by atoms with Crippen LogP contribution in [0.5, 0.6) is 0 Å². The second kappa shape index (κ2) is 5.08. The zero-order valence-electron chi connectivity index (χ0n) is 9.87. The van der Waals surface area contributed by atoms with Crippen molar-refractivity contribution in [2.45, 2.75) is 32.2 Å². The number of hydrogen-bond donors (Lipinski definition) is 2. The maximum absolute atomic E-state index is 12.1. The molecule has 0 saturated heterocycles. The molecule has 2 unspecified atom stereocenters. The Labute approximate surface area is 110 Å². The van der Waals surface area contributed by atoms with Gasteiger partial charge < -0.3 is 11.1 Å². The van der Waals surface area contributed by atoms with E-state index in [-0.39, 0.29) is 5.91 Å². The summed E-state index contributed by atoms with van der Waals surface area (Å²) in [6, 6.07) is 5.65. The number of anilines is 1. The molecule has 0 bridgehead atoms. The smallest absolute Gasteiger partial charge is 0.253 e. The van der Waals surface area contributed by atoms with E-state index in [4.69, 9.17) is 5.73 Å². The topological polar surface area (TPSA) is 55.1 Å². The average molecular weight is 297 g/mol. The zero-order valence-corrected chi connectivity index (χ0v) is 11.5. The molecule has 0 aromatic heterocycles. The summed E-state index contributed by atoms with van der Waals surface area (Å²) in [6.45, 7) is 2.22. The van der Waals surface area contributed by atoms with Crippen LogP contribution in [0, 0.1) is 5.92 Å². The summed E-state index contributed by atoms with van der Waals surface area (Å²) in [7, 11) is 0. The molecule has 1 aliphatic rings. The monoisotopic (exact) mass is 296 g/mol. The van der Waals surface area contributed by atoms with Crippen LogP contribution in [0.4, 0.5) is 5.69 Å². The number of benzene rings is 1. The van der Waals surface area contributed by atoms with Gasteiger partial charge in [-0.3, -0.25) is 4.79 Å². The van der Waals surface area contributed by atoms with E-state index in [0.717, 1.165) is 17.3 Å². The van der Waals surface area contributed by atoms with E-state index in [1.165, 1.54) is 6.42 Å². The van der Waals surface area contributed by atoms with Crippen molar-refractivity contribution in [3.05, 3.63) is 28.2 Å². The summed E-state index contributed by atoms with van der Waals surface area (Å²) in [5, 5.41) is 3.05. The molecule has 0 radical (unpaired) electrons. The summed E-state index contributed by atoms with van der Waals surface area (Å²) < 4.78 is 0.872.